The summed E-state index contributed by atoms with van der Waals surface area (Å²) in [6, 6.07) is 0. The van der Waals surface area contributed by atoms with E-state index in [0.29, 0.717) is 0 Å². The van der Waals surface area contributed by atoms with Gasteiger partial charge >= 0.3 is 0 Å². The van der Waals surface area contributed by atoms with E-state index in [4.69, 9.17) is 23.2 Å². The average molecular weight is 491 g/mol. The Bertz CT molecular complexity index is 300. The van der Waals surface area contributed by atoms with Crippen LogP contribution in [0.15, 0.2) is 46.5 Å². The molecular formula is C16H22Cl2Rh2. The Morgan fingerprint density at radius 3 is 1.05 bits per heavy atom. The fraction of sp³-hybridized carbons (Fsp3) is 0.500. The number of halogens is 2. The molecule has 2 aliphatic rings. The summed E-state index contributed by atoms with van der Waals surface area (Å²) in [5.41, 5.74) is 0. The first kappa shape index (κ1) is 23.1. The van der Waals surface area contributed by atoms with Gasteiger partial charge in [0.05, 0.1) is 0 Å². The van der Waals surface area contributed by atoms with Crippen LogP contribution in [0.2, 0.25) is 0 Å². The van der Waals surface area contributed by atoms with Crippen LogP contribution in [0.25, 0.3) is 0 Å². The summed E-state index contributed by atoms with van der Waals surface area (Å²) in [6.45, 7) is 0. The van der Waals surface area contributed by atoms with Crippen LogP contribution in [0.3, 0.4) is 0 Å². The molecule has 0 atom stereocenters. The van der Waals surface area contributed by atoms with E-state index in [2.05, 4.69) is 36.5 Å². The minimum Gasteiger partial charge on any atom is -0.0882 e. The van der Waals surface area contributed by atoms with Gasteiger partial charge in [0, 0.05) is 49.0 Å². The summed E-state index contributed by atoms with van der Waals surface area (Å²) in [4.78, 5) is 0. The Kier molecular flexibility index (Phi) is 18.6. The van der Waals surface area contributed by atoms with E-state index in [1.807, 2.05) is 0 Å². The maximum absolute atomic E-state index is 5.86. The van der Waals surface area contributed by atoms with Crippen LogP contribution in [0, 0.1) is 0 Å². The molecule has 0 nitrogen and oxygen atoms in total. The first-order chi connectivity index (χ1) is 8.80. The number of hydrogen-bond donors (Lipinski definition) is 0. The van der Waals surface area contributed by atoms with Gasteiger partial charge in [-0.05, 0) is 51.4 Å². The van der Waals surface area contributed by atoms with Crippen molar-refractivity contribution in [2.24, 2.45) is 0 Å². The quantitative estimate of drug-likeness (QED) is 0.269. The molecular weight excluding hydrogens is 469 g/mol. The molecule has 2 radical (unpaired) electrons. The number of rotatable bonds is 0. The second-order valence-electron chi connectivity index (χ2n) is 4.46. The van der Waals surface area contributed by atoms with Crippen molar-refractivity contribution in [3.63, 3.8) is 0 Å². The molecule has 118 valence electrons. The van der Waals surface area contributed by atoms with Crippen molar-refractivity contribution in [2.75, 3.05) is 0 Å². The van der Waals surface area contributed by atoms with Crippen molar-refractivity contribution in [2.45, 2.75) is 51.4 Å². The smallest absolute Gasteiger partial charge is 0.0329 e. The van der Waals surface area contributed by atoms with Gasteiger partial charge in [0.15, 0.2) is 0 Å². The van der Waals surface area contributed by atoms with Gasteiger partial charge in [0.25, 0.3) is 0 Å². The summed E-state index contributed by atoms with van der Waals surface area (Å²) in [7, 11) is 0. The third kappa shape index (κ3) is 12.5. The van der Waals surface area contributed by atoms with Crippen LogP contribution in [-0.2, 0) is 39.0 Å². The molecule has 20 heavy (non-hydrogen) atoms. The van der Waals surface area contributed by atoms with Gasteiger partial charge in [0.2, 0.25) is 0 Å². The molecule has 0 saturated heterocycles. The normalized spacial score (nSPS) is 25.1. The summed E-state index contributed by atoms with van der Waals surface area (Å²) in [5, 5.41) is 1.68. The molecule has 0 aromatic carbocycles. The first-order valence-corrected chi connectivity index (χ1v) is 7.54. The number of allylic oxidation sites excluding steroid dienone is 8. The van der Waals surface area contributed by atoms with Crippen molar-refractivity contribution < 1.29 is 39.0 Å². The monoisotopic (exact) mass is 490 g/mol. The SMILES string of the molecule is C1=CCC/C=C\CC1.Cl/C1=C(\Cl)CC/C=C\CC1.[Rh].[Rh]. The molecule has 2 rings (SSSR count). The van der Waals surface area contributed by atoms with E-state index < -0.39 is 0 Å². The molecule has 4 heteroatoms. The Hall–Kier alpha value is 0.787. The molecule has 0 bridgehead atoms. The van der Waals surface area contributed by atoms with Crippen molar-refractivity contribution in [1.82, 2.24) is 0 Å². The third-order valence-corrected chi connectivity index (χ3v) is 3.79. The Morgan fingerprint density at radius 1 is 0.500 bits per heavy atom. The van der Waals surface area contributed by atoms with Crippen molar-refractivity contribution in [1.29, 1.82) is 0 Å². The van der Waals surface area contributed by atoms with Crippen molar-refractivity contribution >= 4 is 23.2 Å². The van der Waals surface area contributed by atoms with E-state index >= 15 is 0 Å². The molecule has 0 N–H and O–H groups in total. The second kappa shape index (κ2) is 16.2. The van der Waals surface area contributed by atoms with Crippen LogP contribution >= 0.6 is 23.2 Å². The average Bonchev–Trinajstić information content (AvgIpc) is 2.31. The minimum atomic E-state index is 0. The van der Waals surface area contributed by atoms with E-state index in [1.165, 1.54) is 25.7 Å². The zero-order chi connectivity index (χ0) is 13.1. The molecule has 0 fully saturated rings. The minimum absolute atomic E-state index is 0. The predicted octanol–water partition coefficient (Wildman–Crippen LogP) is 6.47. The van der Waals surface area contributed by atoms with Crippen LogP contribution in [-0.4, -0.2) is 0 Å². The van der Waals surface area contributed by atoms with E-state index in [1.54, 1.807) is 0 Å². The fourth-order valence-electron chi connectivity index (χ4n) is 1.78. The van der Waals surface area contributed by atoms with Gasteiger partial charge in [0.1, 0.15) is 0 Å². The zero-order valence-electron chi connectivity index (χ0n) is 11.5. The Labute approximate surface area is 159 Å². The Balaban J connectivity index is 0. The van der Waals surface area contributed by atoms with Gasteiger partial charge in [-0.3, -0.25) is 0 Å². The predicted molar refractivity (Wildman–Crippen MR) is 83.1 cm³/mol. The summed E-state index contributed by atoms with van der Waals surface area (Å²) < 4.78 is 0. The van der Waals surface area contributed by atoms with E-state index in [9.17, 15) is 0 Å². The van der Waals surface area contributed by atoms with Crippen LogP contribution in [0.1, 0.15) is 51.4 Å². The Morgan fingerprint density at radius 2 is 0.750 bits per heavy atom. The maximum Gasteiger partial charge on any atom is 0.0329 e. The van der Waals surface area contributed by atoms with Gasteiger partial charge in [-0.1, -0.05) is 59.7 Å². The molecule has 0 aromatic rings. The van der Waals surface area contributed by atoms with Crippen LogP contribution in [0.5, 0.6) is 0 Å². The van der Waals surface area contributed by atoms with Gasteiger partial charge < -0.3 is 0 Å². The first-order valence-electron chi connectivity index (χ1n) is 6.78. The van der Waals surface area contributed by atoms with Crippen LogP contribution in [0.4, 0.5) is 0 Å². The van der Waals surface area contributed by atoms with Gasteiger partial charge in [-0.25, -0.2) is 0 Å². The molecule has 0 heterocycles. The summed E-state index contributed by atoms with van der Waals surface area (Å²) >= 11 is 11.7. The van der Waals surface area contributed by atoms with Crippen LogP contribution < -0.4 is 0 Å². The fourth-order valence-corrected chi connectivity index (χ4v) is 2.19. The largest absolute Gasteiger partial charge is 0.0882 e. The molecule has 0 saturated carbocycles. The molecule has 2 aliphatic carbocycles. The van der Waals surface area contributed by atoms with E-state index in [-0.39, 0.29) is 39.0 Å². The maximum atomic E-state index is 5.86. The summed E-state index contributed by atoms with van der Waals surface area (Å²) in [6.07, 6.45) is 22.2. The molecule has 0 aliphatic heterocycles. The molecule has 0 unspecified atom stereocenters. The standard InChI is InChI=1S/C8H10Cl2.C8H12.2Rh/c9-7-5-3-1-2-4-6-8(7)10;1-2-4-6-8-7-5-3-1;;/h1-2H,3-6H2;1-2,7-8H,3-6H2;;/b2-1-,8-7-;2-1-,8-7?;;. The third-order valence-electron chi connectivity index (χ3n) is 2.86. The van der Waals surface area contributed by atoms with Gasteiger partial charge in [-0.2, -0.15) is 0 Å². The van der Waals surface area contributed by atoms with Gasteiger partial charge in [-0.15, -0.1) is 0 Å². The van der Waals surface area contributed by atoms with E-state index in [0.717, 1.165) is 35.7 Å². The second-order valence-corrected chi connectivity index (χ2v) is 5.37. The topological polar surface area (TPSA) is 0 Å². The molecule has 0 amide bonds. The molecule has 0 aromatic heterocycles. The van der Waals surface area contributed by atoms with Crippen molar-refractivity contribution in [3.8, 4) is 0 Å². The zero-order valence-corrected chi connectivity index (χ0v) is 16.3. The molecule has 0 spiro atoms. The number of hydrogen-bond acceptors (Lipinski definition) is 0. The van der Waals surface area contributed by atoms with Crippen molar-refractivity contribution in [3.05, 3.63) is 46.5 Å². The summed E-state index contributed by atoms with van der Waals surface area (Å²) in [5.74, 6) is 0.